The smallest absolute Gasteiger partial charge is 0.313 e. The third-order valence-corrected chi connectivity index (χ3v) is 1.66. The fraction of sp³-hybridized carbons (Fsp3) is 0.800. The van der Waals surface area contributed by atoms with Gasteiger partial charge in [0.25, 0.3) is 12.6 Å². The third-order valence-electron chi connectivity index (χ3n) is 1.66. The first-order valence-corrected chi connectivity index (χ1v) is 4.65. The predicted octanol–water partition coefficient (Wildman–Crippen LogP) is 2.32. The number of carbonyl (C=O) groups is 1. The summed E-state index contributed by atoms with van der Waals surface area (Å²) in [6.07, 6.45) is 1.12. The predicted molar refractivity (Wildman–Crippen MR) is 52.8 cm³/mol. The zero-order chi connectivity index (χ0) is 10.3. The van der Waals surface area contributed by atoms with Crippen LogP contribution in [0.1, 0.15) is 33.6 Å². The molecular weight excluding hydrogens is 166 g/mol. The van der Waals surface area contributed by atoms with Gasteiger partial charge in [0.1, 0.15) is 6.42 Å². The van der Waals surface area contributed by atoms with Gasteiger partial charge in [0, 0.05) is 6.42 Å². The van der Waals surface area contributed by atoms with Crippen LogP contribution in [0.25, 0.3) is 4.85 Å². The second kappa shape index (κ2) is 6.47. The maximum atomic E-state index is 11.1. The van der Waals surface area contributed by atoms with Gasteiger partial charge in [-0.25, -0.2) is 0 Å². The van der Waals surface area contributed by atoms with Gasteiger partial charge in [-0.3, -0.25) is 4.79 Å². The summed E-state index contributed by atoms with van der Waals surface area (Å²) in [6, 6.07) is -0.0981. The monoisotopic (exact) mass is 184 g/mol. The van der Waals surface area contributed by atoms with Crippen molar-refractivity contribution >= 4 is 5.97 Å². The lowest BCUT2D eigenvalue weighted by Crippen LogP contribution is -2.15. The van der Waals surface area contributed by atoms with Crippen LogP contribution in [-0.2, 0) is 9.53 Å². The number of hydrogen-bond donors (Lipinski definition) is 0. The molecule has 0 aromatic heterocycles. The molecule has 0 saturated heterocycles. The van der Waals surface area contributed by atoms with Crippen LogP contribution in [0.4, 0.5) is 0 Å². The van der Waals surface area contributed by atoms with Crippen LogP contribution < -0.4 is 0 Å². The van der Waals surface area contributed by atoms with E-state index in [-0.39, 0.29) is 12.0 Å². The summed E-state index contributed by atoms with van der Waals surface area (Å²) in [7, 11) is 0. The fourth-order valence-electron chi connectivity index (χ4n) is 1.15. The number of hydrogen-bond acceptors (Lipinski definition) is 2. The van der Waals surface area contributed by atoms with Gasteiger partial charge in [-0.2, -0.15) is 0 Å². The van der Waals surface area contributed by atoms with Crippen LogP contribution in [0.2, 0.25) is 0 Å². The van der Waals surface area contributed by atoms with E-state index in [0.717, 1.165) is 6.42 Å². The van der Waals surface area contributed by atoms with E-state index in [2.05, 4.69) is 18.7 Å². The molecule has 13 heavy (non-hydrogen) atoms. The van der Waals surface area contributed by atoms with Gasteiger partial charge >= 0.3 is 5.97 Å². The van der Waals surface area contributed by atoms with Gasteiger partial charge in [0.15, 0.2) is 0 Å². The molecule has 0 unspecified atom stereocenters. The Morgan fingerprint density at radius 2 is 2.15 bits per heavy atom. The van der Waals surface area contributed by atoms with E-state index < -0.39 is 0 Å². The minimum Gasteiger partial charge on any atom is -0.466 e. The standard InChI is InChI=1S/C10H18NO2/c1-5-13-10(12)7-9(11-4)6-8(2)3/h4,8-9H,5-7H2,1-3H3/q+1/t9-/m0/s1. The van der Waals surface area contributed by atoms with Gasteiger partial charge in [0.2, 0.25) is 0 Å². The van der Waals surface area contributed by atoms with E-state index in [1.165, 1.54) is 0 Å². The topological polar surface area (TPSA) is 30.7 Å². The molecule has 0 amide bonds. The molecule has 0 aliphatic carbocycles. The second-order valence-corrected chi connectivity index (χ2v) is 3.44. The SMILES string of the molecule is C#[N+][C@H](CC(=O)OCC)CC(C)C. The lowest BCUT2D eigenvalue weighted by molar-refractivity contribution is -0.143. The highest BCUT2D eigenvalue weighted by Crippen LogP contribution is 2.12. The number of carbonyl (C=O) groups excluding carboxylic acids is 1. The first-order valence-electron chi connectivity index (χ1n) is 4.65. The average molecular weight is 184 g/mol. The Hall–Kier alpha value is -1.04. The minimum atomic E-state index is -0.220. The molecule has 0 bridgehead atoms. The second-order valence-electron chi connectivity index (χ2n) is 3.44. The van der Waals surface area contributed by atoms with E-state index in [0.29, 0.717) is 18.9 Å². The van der Waals surface area contributed by atoms with E-state index in [1.54, 1.807) is 6.92 Å². The molecule has 0 aromatic rings. The molecule has 0 aliphatic rings. The lowest BCUT2D eigenvalue weighted by Gasteiger charge is -2.04. The van der Waals surface area contributed by atoms with E-state index in [4.69, 9.17) is 11.3 Å². The number of nitrogens with zero attached hydrogens (tertiary/aromatic N) is 1. The molecule has 0 heterocycles. The van der Waals surface area contributed by atoms with Crippen LogP contribution in [0.5, 0.6) is 0 Å². The van der Waals surface area contributed by atoms with E-state index in [1.807, 2.05) is 0 Å². The zero-order valence-corrected chi connectivity index (χ0v) is 8.62. The van der Waals surface area contributed by atoms with Crippen molar-refractivity contribution in [2.45, 2.75) is 39.7 Å². The number of ether oxygens (including phenoxy) is 1. The van der Waals surface area contributed by atoms with Crippen LogP contribution in [0.3, 0.4) is 0 Å². The Morgan fingerprint density at radius 1 is 1.54 bits per heavy atom. The van der Waals surface area contributed by atoms with Crippen LogP contribution in [-0.4, -0.2) is 18.6 Å². The Balaban J connectivity index is 3.85. The fourth-order valence-corrected chi connectivity index (χ4v) is 1.15. The van der Waals surface area contributed by atoms with E-state index >= 15 is 0 Å². The van der Waals surface area contributed by atoms with Crippen molar-refractivity contribution in [3.8, 4) is 6.57 Å². The molecule has 0 spiro atoms. The van der Waals surface area contributed by atoms with Crippen molar-refractivity contribution in [1.82, 2.24) is 0 Å². The molecule has 74 valence electrons. The van der Waals surface area contributed by atoms with Crippen molar-refractivity contribution < 1.29 is 9.53 Å². The van der Waals surface area contributed by atoms with Crippen LogP contribution >= 0.6 is 0 Å². The summed E-state index contributed by atoms with van der Waals surface area (Å²) in [4.78, 5) is 14.7. The Bertz CT molecular complexity index is 194. The molecule has 3 nitrogen and oxygen atoms in total. The average Bonchev–Trinajstić information content (AvgIpc) is 2.02. The summed E-state index contributed by atoms with van der Waals surface area (Å²) < 4.78 is 4.80. The first-order chi connectivity index (χ1) is 6.10. The van der Waals surface area contributed by atoms with Crippen LogP contribution in [0, 0.1) is 12.5 Å². The molecule has 0 rings (SSSR count). The number of rotatable bonds is 5. The summed E-state index contributed by atoms with van der Waals surface area (Å²) in [6.45, 7) is 11.5. The molecule has 0 saturated carbocycles. The largest absolute Gasteiger partial charge is 0.466 e. The molecule has 0 aromatic carbocycles. The Morgan fingerprint density at radius 3 is 2.54 bits per heavy atom. The molecule has 0 radical (unpaired) electrons. The van der Waals surface area contributed by atoms with Gasteiger partial charge in [-0.05, 0) is 12.8 Å². The van der Waals surface area contributed by atoms with E-state index in [9.17, 15) is 4.79 Å². The highest BCUT2D eigenvalue weighted by atomic mass is 16.5. The normalized spacial score (nSPS) is 12.2. The van der Waals surface area contributed by atoms with Crippen LogP contribution in [0.15, 0.2) is 0 Å². The molecule has 1 atom stereocenters. The molecule has 0 aliphatic heterocycles. The molecule has 3 heteroatoms. The maximum absolute atomic E-state index is 11.1. The van der Waals surface area contributed by atoms with Crippen molar-refractivity contribution in [2.75, 3.05) is 6.61 Å². The van der Waals surface area contributed by atoms with Gasteiger partial charge in [0.05, 0.1) is 6.61 Å². The van der Waals surface area contributed by atoms with Gasteiger partial charge < -0.3 is 4.74 Å². The van der Waals surface area contributed by atoms with Crippen molar-refractivity contribution in [3.63, 3.8) is 0 Å². The minimum absolute atomic E-state index is 0.0981. The summed E-state index contributed by atoms with van der Waals surface area (Å²) in [5.41, 5.74) is 0. The lowest BCUT2D eigenvalue weighted by atomic mass is 10.0. The van der Waals surface area contributed by atoms with Gasteiger partial charge in [-0.15, -0.1) is 0 Å². The number of esters is 1. The molecule has 0 fully saturated rings. The Kier molecular flexibility index (Phi) is 5.96. The highest BCUT2D eigenvalue weighted by molar-refractivity contribution is 5.70. The van der Waals surface area contributed by atoms with Crippen molar-refractivity contribution in [1.29, 1.82) is 0 Å². The quantitative estimate of drug-likeness (QED) is 0.614. The summed E-state index contributed by atoms with van der Waals surface area (Å²) in [5, 5.41) is 0. The summed E-state index contributed by atoms with van der Waals surface area (Å²) in [5.74, 6) is 0.272. The molecule has 0 N–H and O–H groups in total. The first kappa shape index (κ1) is 12.0. The zero-order valence-electron chi connectivity index (χ0n) is 8.62. The van der Waals surface area contributed by atoms with Gasteiger partial charge in [-0.1, -0.05) is 18.7 Å². The van der Waals surface area contributed by atoms with Crippen molar-refractivity contribution in [3.05, 3.63) is 4.85 Å². The third kappa shape index (κ3) is 6.15. The summed E-state index contributed by atoms with van der Waals surface area (Å²) >= 11 is 0. The maximum Gasteiger partial charge on any atom is 0.313 e. The highest BCUT2D eigenvalue weighted by Gasteiger charge is 2.22. The Labute approximate surface area is 79.9 Å². The molecular formula is C10H18NO2+. The van der Waals surface area contributed by atoms with Crippen molar-refractivity contribution in [2.24, 2.45) is 5.92 Å².